The van der Waals surface area contributed by atoms with E-state index in [1.807, 2.05) is 0 Å². The van der Waals surface area contributed by atoms with Crippen molar-refractivity contribution >= 4 is 5.69 Å². The van der Waals surface area contributed by atoms with E-state index in [9.17, 15) is 0 Å². The van der Waals surface area contributed by atoms with Gasteiger partial charge < -0.3 is 5.32 Å². The number of hydrogen-bond donors (Lipinski definition) is 1. The maximum absolute atomic E-state index is 3.67. The van der Waals surface area contributed by atoms with Crippen molar-refractivity contribution in [2.45, 2.75) is 58.4 Å². The number of aryl methyl sites for hydroxylation is 1. The van der Waals surface area contributed by atoms with Crippen molar-refractivity contribution in [3.8, 4) is 0 Å². The monoisotopic (exact) mass is 231 g/mol. The maximum atomic E-state index is 3.67. The van der Waals surface area contributed by atoms with E-state index < -0.39 is 0 Å². The van der Waals surface area contributed by atoms with Gasteiger partial charge in [-0.1, -0.05) is 37.5 Å². The summed E-state index contributed by atoms with van der Waals surface area (Å²) >= 11 is 0. The molecule has 0 amide bonds. The van der Waals surface area contributed by atoms with E-state index in [4.69, 9.17) is 0 Å². The molecule has 0 heterocycles. The first-order chi connectivity index (χ1) is 8.28. The quantitative estimate of drug-likeness (QED) is 0.787. The van der Waals surface area contributed by atoms with E-state index in [1.165, 1.54) is 49.8 Å². The third-order valence-electron chi connectivity index (χ3n) is 3.97. The van der Waals surface area contributed by atoms with Crippen LogP contribution in [-0.4, -0.2) is 6.04 Å². The van der Waals surface area contributed by atoms with Gasteiger partial charge in [-0.3, -0.25) is 0 Å². The molecule has 0 atom stereocenters. The highest BCUT2D eigenvalue weighted by Gasteiger charge is 2.20. The van der Waals surface area contributed by atoms with Crippen LogP contribution in [0, 0.1) is 12.8 Å². The number of benzene rings is 1. The van der Waals surface area contributed by atoms with Crippen LogP contribution in [-0.2, 0) is 0 Å². The summed E-state index contributed by atoms with van der Waals surface area (Å²) in [5, 5.41) is 3.67. The minimum atomic E-state index is 0.700. The summed E-state index contributed by atoms with van der Waals surface area (Å²) in [5.74, 6) is 0.996. The topological polar surface area (TPSA) is 12.0 Å². The predicted octanol–water partition coefficient (Wildman–Crippen LogP) is 4.77. The Morgan fingerprint density at radius 1 is 1.06 bits per heavy atom. The molecule has 1 fully saturated rings. The molecule has 1 aliphatic carbocycles. The SMILES string of the molecule is CCCC1CCC(Nc2ccc(C)cc2)CC1. The van der Waals surface area contributed by atoms with E-state index >= 15 is 0 Å². The summed E-state index contributed by atoms with van der Waals surface area (Å²) in [6.07, 6.45) is 8.30. The molecular weight excluding hydrogens is 206 g/mol. The van der Waals surface area contributed by atoms with Gasteiger partial charge >= 0.3 is 0 Å². The standard InChI is InChI=1S/C16H25N/c1-3-4-14-7-11-16(12-8-14)17-15-9-5-13(2)6-10-15/h5-6,9-10,14,16-17H,3-4,7-8,11-12H2,1-2H3. The van der Waals surface area contributed by atoms with Crippen molar-refractivity contribution < 1.29 is 0 Å². The highest BCUT2D eigenvalue weighted by atomic mass is 14.9. The minimum Gasteiger partial charge on any atom is -0.382 e. The number of anilines is 1. The van der Waals surface area contributed by atoms with Crippen molar-refractivity contribution in [2.24, 2.45) is 5.92 Å². The van der Waals surface area contributed by atoms with E-state index in [0.29, 0.717) is 6.04 Å². The lowest BCUT2D eigenvalue weighted by atomic mass is 9.83. The van der Waals surface area contributed by atoms with Crippen LogP contribution in [0.5, 0.6) is 0 Å². The second-order valence-electron chi connectivity index (χ2n) is 5.52. The Balaban J connectivity index is 1.79. The molecule has 0 aliphatic heterocycles. The summed E-state index contributed by atoms with van der Waals surface area (Å²) in [7, 11) is 0. The zero-order chi connectivity index (χ0) is 12.1. The maximum Gasteiger partial charge on any atom is 0.0342 e. The molecule has 0 saturated heterocycles. The van der Waals surface area contributed by atoms with Crippen molar-refractivity contribution in [3.05, 3.63) is 29.8 Å². The Kier molecular flexibility index (Phi) is 4.47. The molecule has 0 unspecified atom stereocenters. The van der Waals surface area contributed by atoms with Crippen LogP contribution < -0.4 is 5.32 Å². The molecule has 1 heteroatoms. The number of nitrogens with one attached hydrogen (secondary N) is 1. The lowest BCUT2D eigenvalue weighted by Gasteiger charge is -2.29. The summed E-state index contributed by atoms with van der Waals surface area (Å²) in [5.41, 5.74) is 2.62. The molecule has 94 valence electrons. The largest absolute Gasteiger partial charge is 0.382 e. The Bertz CT molecular complexity index is 320. The normalized spacial score (nSPS) is 24.6. The minimum absolute atomic E-state index is 0.700. The van der Waals surface area contributed by atoms with Crippen LogP contribution in [0.4, 0.5) is 5.69 Å². The van der Waals surface area contributed by atoms with Gasteiger partial charge in [0.1, 0.15) is 0 Å². The van der Waals surface area contributed by atoms with Gasteiger partial charge in [-0.05, 0) is 50.7 Å². The first-order valence-electron chi connectivity index (χ1n) is 7.11. The fraction of sp³-hybridized carbons (Fsp3) is 0.625. The summed E-state index contributed by atoms with van der Waals surface area (Å²) in [6.45, 7) is 4.44. The summed E-state index contributed by atoms with van der Waals surface area (Å²) in [4.78, 5) is 0. The van der Waals surface area contributed by atoms with Crippen LogP contribution in [0.2, 0.25) is 0 Å². The molecule has 1 N–H and O–H groups in total. The van der Waals surface area contributed by atoms with Gasteiger partial charge in [-0.25, -0.2) is 0 Å². The Hall–Kier alpha value is -0.980. The average molecular weight is 231 g/mol. The van der Waals surface area contributed by atoms with Gasteiger partial charge in [0.2, 0.25) is 0 Å². The summed E-state index contributed by atoms with van der Waals surface area (Å²) < 4.78 is 0. The van der Waals surface area contributed by atoms with Gasteiger partial charge in [-0.15, -0.1) is 0 Å². The average Bonchev–Trinajstić information content (AvgIpc) is 2.35. The smallest absolute Gasteiger partial charge is 0.0342 e. The molecular formula is C16H25N. The fourth-order valence-corrected chi connectivity index (χ4v) is 2.89. The molecule has 1 saturated carbocycles. The third-order valence-corrected chi connectivity index (χ3v) is 3.97. The molecule has 1 aliphatic rings. The van der Waals surface area contributed by atoms with Crippen LogP contribution in [0.25, 0.3) is 0 Å². The van der Waals surface area contributed by atoms with Crippen molar-refractivity contribution in [2.75, 3.05) is 5.32 Å². The first kappa shape index (κ1) is 12.5. The third kappa shape index (κ3) is 3.76. The van der Waals surface area contributed by atoms with Gasteiger partial charge in [-0.2, -0.15) is 0 Å². The first-order valence-corrected chi connectivity index (χ1v) is 7.11. The van der Waals surface area contributed by atoms with E-state index in [0.717, 1.165) is 5.92 Å². The van der Waals surface area contributed by atoms with Crippen molar-refractivity contribution in [1.82, 2.24) is 0 Å². The predicted molar refractivity (Wildman–Crippen MR) is 75.5 cm³/mol. The Labute approximate surface area is 106 Å². The van der Waals surface area contributed by atoms with Crippen LogP contribution in [0.1, 0.15) is 51.0 Å². The molecule has 0 spiro atoms. The number of hydrogen-bond acceptors (Lipinski definition) is 1. The second-order valence-corrected chi connectivity index (χ2v) is 5.52. The second kappa shape index (κ2) is 6.09. The van der Waals surface area contributed by atoms with E-state index in [2.05, 4.69) is 43.4 Å². The van der Waals surface area contributed by atoms with E-state index in [1.54, 1.807) is 0 Å². The lowest BCUT2D eigenvalue weighted by molar-refractivity contribution is 0.319. The van der Waals surface area contributed by atoms with Crippen molar-refractivity contribution in [1.29, 1.82) is 0 Å². The zero-order valence-electron chi connectivity index (χ0n) is 11.2. The van der Waals surface area contributed by atoms with Crippen molar-refractivity contribution in [3.63, 3.8) is 0 Å². The van der Waals surface area contributed by atoms with Crippen LogP contribution >= 0.6 is 0 Å². The molecule has 17 heavy (non-hydrogen) atoms. The Morgan fingerprint density at radius 3 is 2.29 bits per heavy atom. The molecule has 1 aromatic rings. The molecule has 1 nitrogen and oxygen atoms in total. The molecule has 0 aromatic heterocycles. The summed E-state index contributed by atoms with van der Waals surface area (Å²) in [6, 6.07) is 9.47. The van der Waals surface area contributed by atoms with Gasteiger partial charge in [0.25, 0.3) is 0 Å². The number of rotatable bonds is 4. The van der Waals surface area contributed by atoms with Crippen LogP contribution in [0.3, 0.4) is 0 Å². The molecule has 1 aromatic carbocycles. The highest BCUT2D eigenvalue weighted by Crippen LogP contribution is 2.29. The van der Waals surface area contributed by atoms with Gasteiger partial charge in [0.05, 0.1) is 0 Å². The van der Waals surface area contributed by atoms with Gasteiger partial charge in [0.15, 0.2) is 0 Å². The molecule has 0 bridgehead atoms. The zero-order valence-corrected chi connectivity index (χ0v) is 11.2. The Morgan fingerprint density at radius 2 is 1.71 bits per heavy atom. The molecule has 0 radical (unpaired) electrons. The lowest BCUT2D eigenvalue weighted by Crippen LogP contribution is -2.26. The molecule has 2 rings (SSSR count). The highest BCUT2D eigenvalue weighted by molar-refractivity contribution is 5.45. The fourth-order valence-electron chi connectivity index (χ4n) is 2.89. The van der Waals surface area contributed by atoms with Crippen LogP contribution in [0.15, 0.2) is 24.3 Å². The van der Waals surface area contributed by atoms with E-state index in [-0.39, 0.29) is 0 Å². The van der Waals surface area contributed by atoms with Gasteiger partial charge in [0, 0.05) is 11.7 Å².